The highest BCUT2D eigenvalue weighted by Gasteiger charge is 2.38. The zero-order valence-corrected chi connectivity index (χ0v) is 12.3. The average Bonchev–Trinajstić information content (AvgIpc) is 2.70. The number of amides is 2. The van der Waals surface area contributed by atoms with Crippen LogP contribution in [-0.2, 0) is 21.7 Å². The molecule has 7 nitrogen and oxygen atoms in total. The van der Waals surface area contributed by atoms with Gasteiger partial charge in [0.05, 0.1) is 5.54 Å². The van der Waals surface area contributed by atoms with E-state index in [4.69, 9.17) is 10.3 Å². The molecule has 0 saturated carbocycles. The Morgan fingerprint density at radius 2 is 1.85 bits per heavy atom. The van der Waals surface area contributed by atoms with Crippen LogP contribution in [0.3, 0.4) is 0 Å². The van der Waals surface area contributed by atoms with Crippen LogP contribution >= 0.6 is 0 Å². The summed E-state index contributed by atoms with van der Waals surface area (Å²) in [6.07, 6.45) is 0.671. The summed E-state index contributed by atoms with van der Waals surface area (Å²) in [6, 6.07) is 0. The fourth-order valence-electron chi connectivity index (χ4n) is 2.10. The van der Waals surface area contributed by atoms with Gasteiger partial charge in [-0.2, -0.15) is 4.98 Å². The molecule has 2 rings (SSSR count). The van der Waals surface area contributed by atoms with Gasteiger partial charge in [-0.3, -0.25) is 14.5 Å². The van der Waals surface area contributed by atoms with Crippen LogP contribution in [0.2, 0.25) is 0 Å². The molecule has 1 aliphatic rings. The summed E-state index contributed by atoms with van der Waals surface area (Å²) in [5, 5.41) is 3.77. The maximum atomic E-state index is 12.0. The Bertz CT molecular complexity index is 522. The Hall–Kier alpha value is -1.76. The van der Waals surface area contributed by atoms with Crippen molar-refractivity contribution in [1.82, 2.24) is 15.0 Å². The third-order valence-corrected chi connectivity index (χ3v) is 3.20. The number of piperidine rings is 1. The second-order valence-corrected chi connectivity index (χ2v) is 6.62. The van der Waals surface area contributed by atoms with E-state index in [1.807, 2.05) is 13.8 Å². The van der Waals surface area contributed by atoms with Crippen molar-refractivity contribution in [3.8, 4) is 0 Å². The quantitative estimate of drug-likeness (QED) is 0.826. The van der Waals surface area contributed by atoms with Gasteiger partial charge in [0.25, 0.3) is 0 Å². The number of carbonyl (C=O) groups is 2. The maximum Gasteiger partial charge on any atom is 0.246 e. The largest absolute Gasteiger partial charge is 0.337 e. The van der Waals surface area contributed by atoms with Gasteiger partial charge in [0.1, 0.15) is 6.54 Å². The summed E-state index contributed by atoms with van der Waals surface area (Å²) in [5.41, 5.74) is 4.85. The third-order valence-electron chi connectivity index (χ3n) is 3.20. The van der Waals surface area contributed by atoms with E-state index in [1.165, 1.54) is 4.90 Å². The van der Waals surface area contributed by atoms with Crippen molar-refractivity contribution in [3.05, 3.63) is 11.7 Å². The molecule has 2 N–H and O–H groups in total. The van der Waals surface area contributed by atoms with E-state index in [-0.39, 0.29) is 29.7 Å². The van der Waals surface area contributed by atoms with E-state index in [9.17, 15) is 9.59 Å². The summed E-state index contributed by atoms with van der Waals surface area (Å²) < 4.78 is 5.06. The highest BCUT2D eigenvalue weighted by molar-refractivity contribution is 5.98. The minimum Gasteiger partial charge on any atom is -0.337 e. The van der Waals surface area contributed by atoms with Crippen LogP contribution in [0.25, 0.3) is 0 Å². The number of nitrogens with zero attached hydrogens (tertiary/aromatic N) is 3. The molecule has 1 aromatic rings. The predicted molar refractivity (Wildman–Crippen MR) is 70.1 cm³/mol. The third kappa shape index (κ3) is 3.04. The molecular formula is C13H20N4O3. The Morgan fingerprint density at radius 1 is 1.30 bits per heavy atom. The van der Waals surface area contributed by atoms with Crippen molar-refractivity contribution in [2.75, 3.05) is 0 Å². The molecule has 2 amide bonds. The van der Waals surface area contributed by atoms with Gasteiger partial charge in [0, 0.05) is 12.8 Å². The van der Waals surface area contributed by atoms with Crippen molar-refractivity contribution >= 4 is 11.8 Å². The van der Waals surface area contributed by atoms with Gasteiger partial charge in [-0.15, -0.1) is 0 Å². The summed E-state index contributed by atoms with van der Waals surface area (Å²) >= 11 is 0. The lowest BCUT2D eigenvalue weighted by Crippen LogP contribution is -2.45. The van der Waals surface area contributed by atoms with E-state index in [1.54, 1.807) is 13.8 Å². The molecule has 7 heteroatoms. The van der Waals surface area contributed by atoms with Crippen molar-refractivity contribution in [2.45, 2.75) is 52.6 Å². The molecule has 1 saturated heterocycles. The highest BCUT2D eigenvalue weighted by atomic mass is 16.5. The number of hydrogen-bond acceptors (Lipinski definition) is 6. The topological polar surface area (TPSA) is 102 Å². The van der Waals surface area contributed by atoms with Crippen LogP contribution in [0.5, 0.6) is 0 Å². The van der Waals surface area contributed by atoms with Gasteiger partial charge in [-0.05, 0) is 19.3 Å². The van der Waals surface area contributed by atoms with Crippen LogP contribution in [0.15, 0.2) is 4.52 Å². The van der Waals surface area contributed by atoms with Gasteiger partial charge in [-0.25, -0.2) is 0 Å². The zero-order valence-electron chi connectivity index (χ0n) is 12.3. The Morgan fingerprint density at radius 3 is 2.30 bits per heavy atom. The number of aromatic nitrogens is 2. The molecule has 0 bridgehead atoms. The average molecular weight is 280 g/mol. The first kappa shape index (κ1) is 14.6. The number of likely N-dealkylation sites (tertiary alicyclic amines) is 1. The predicted octanol–water partition coefficient (Wildman–Crippen LogP) is 0.939. The van der Waals surface area contributed by atoms with Crippen LogP contribution in [0, 0.1) is 5.41 Å². The van der Waals surface area contributed by atoms with Crippen molar-refractivity contribution in [2.24, 2.45) is 11.1 Å². The Balaban J connectivity index is 2.12. The molecule has 2 heterocycles. The van der Waals surface area contributed by atoms with E-state index >= 15 is 0 Å². The number of imide groups is 1. The smallest absolute Gasteiger partial charge is 0.246 e. The molecule has 1 fully saturated rings. The van der Waals surface area contributed by atoms with Crippen molar-refractivity contribution in [3.63, 3.8) is 0 Å². The monoisotopic (exact) mass is 280 g/mol. The first-order valence-corrected chi connectivity index (χ1v) is 6.54. The molecule has 1 aliphatic heterocycles. The minimum absolute atomic E-state index is 0.0107. The van der Waals surface area contributed by atoms with Gasteiger partial charge < -0.3 is 10.3 Å². The summed E-state index contributed by atoms with van der Waals surface area (Å²) in [7, 11) is 0. The molecule has 0 atom stereocenters. The van der Waals surface area contributed by atoms with Gasteiger partial charge in [0.15, 0.2) is 5.82 Å². The van der Waals surface area contributed by atoms with E-state index < -0.39 is 5.54 Å². The van der Waals surface area contributed by atoms with Gasteiger partial charge >= 0.3 is 0 Å². The lowest BCUT2D eigenvalue weighted by atomic mass is 9.82. The molecule has 0 spiro atoms. The fourth-order valence-corrected chi connectivity index (χ4v) is 2.10. The van der Waals surface area contributed by atoms with Crippen LogP contribution in [-0.4, -0.2) is 26.9 Å². The van der Waals surface area contributed by atoms with Crippen molar-refractivity contribution in [1.29, 1.82) is 0 Å². The SMILES string of the molecule is CC1(C)CC(=O)N(Cc2nc(C(C)(C)N)no2)C(=O)C1. The molecular weight excluding hydrogens is 260 g/mol. The molecule has 0 aliphatic carbocycles. The molecule has 0 aromatic carbocycles. The van der Waals surface area contributed by atoms with Crippen LogP contribution in [0.4, 0.5) is 0 Å². The molecule has 0 unspecified atom stereocenters. The lowest BCUT2D eigenvalue weighted by molar-refractivity contribution is -0.153. The zero-order chi connectivity index (χ0) is 15.1. The number of rotatable bonds is 3. The summed E-state index contributed by atoms with van der Waals surface area (Å²) in [5.74, 6) is 0.153. The summed E-state index contributed by atoms with van der Waals surface area (Å²) in [6.45, 7) is 7.32. The maximum absolute atomic E-state index is 12.0. The molecule has 110 valence electrons. The molecule has 20 heavy (non-hydrogen) atoms. The van der Waals surface area contributed by atoms with Crippen LogP contribution in [0.1, 0.15) is 52.3 Å². The van der Waals surface area contributed by atoms with Crippen LogP contribution < -0.4 is 5.73 Å². The van der Waals surface area contributed by atoms with E-state index in [0.717, 1.165) is 0 Å². The fraction of sp³-hybridized carbons (Fsp3) is 0.692. The second-order valence-electron chi connectivity index (χ2n) is 6.62. The number of hydrogen-bond donors (Lipinski definition) is 1. The highest BCUT2D eigenvalue weighted by Crippen LogP contribution is 2.32. The first-order valence-electron chi connectivity index (χ1n) is 6.54. The van der Waals surface area contributed by atoms with Gasteiger partial charge in [-0.1, -0.05) is 19.0 Å². The Kier molecular flexibility index (Phi) is 3.41. The normalized spacial score (nSPS) is 19.6. The lowest BCUT2D eigenvalue weighted by Gasteiger charge is -2.33. The molecule has 1 aromatic heterocycles. The number of nitrogens with two attached hydrogens (primary N) is 1. The number of carbonyl (C=O) groups excluding carboxylic acids is 2. The van der Waals surface area contributed by atoms with Gasteiger partial charge in [0.2, 0.25) is 17.7 Å². The second kappa shape index (κ2) is 4.66. The van der Waals surface area contributed by atoms with E-state index in [0.29, 0.717) is 18.7 Å². The molecule has 0 radical (unpaired) electrons. The minimum atomic E-state index is -0.723. The summed E-state index contributed by atoms with van der Waals surface area (Å²) in [4.78, 5) is 29.3. The first-order chi connectivity index (χ1) is 9.08. The van der Waals surface area contributed by atoms with E-state index in [2.05, 4.69) is 10.1 Å². The standard InChI is InChI=1S/C13H20N4O3/c1-12(2)5-9(18)17(10(19)6-12)7-8-15-11(16-20-8)13(3,4)14/h5-7,14H2,1-4H3. The van der Waals surface area contributed by atoms with Crippen molar-refractivity contribution < 1.29 is 14.1 Å². The Labute approximate surface area is 117 Å².